The number of hydrogen-bond acceptors (Lipinski definition) is 4. The van der Waals surface area contributed by atoms with Gasteiger partial charge in [0.15, 0.2) is 11.0 Å². The molecule has 2 aromatic heterocycles. The van der Waals surface area contributed by atoms with Gasteiger partial charge in [-0.3, -0.25) is 9.55 Å². The summed E-state index contributed by atoms with van der Waals surface area (Å²) in [6, 6.07) is 12.2. The van der Waals surface area contributed by atoms with Crippen molar-refractivity contribution in [3.63, 3.8) is 0 Å². The Hall–Kier alpha value is -1.92. The molecule has 0 N–H and O–H groups in total. The largest absolute Gasteiger partial charge is 0.298 e. The number of hydrogen-bond donors (Lipinski definition) is 0. The molecule has 0 radical (unpaired) electrons. The average Bonchev–Trinajstić information content (AvgIpc) is 2.97. The van der Waals surface area contributed by atoms with E-state index in [4.69, 9.17) is 0 Å². The minimum absolute atomic E-state index is 0.672. The highest BCUT2D eigenvalue weighted by molar-refractivity contribution is 9.10. The zero-order valence-electron chi connectivity index (χ0n) is 12.4. The van der Waals surface area contributed by atoms with E-state index in [1.54, 1.807) is 24.2 Å². The van der Waals surface area contributed by atoms with Crippen molar-refractivity contribution < 1.29 is 0 Å². The summed E-state index contributed by atoms with van der Waals surface area (Å²) in [5.74, 6) is 1.68. The van der Waals surface area contributed by atoms with Gasteiger partial charge in [0.25, 0.3) is 0 Å². The predicted molar refractivity (Wildman–Crippen MR) is 97.2 cm³/mol. The zero-order valence-corrected chi connectivity index (χ0v) is 14.8. The molecule has 3 rings (SSSR count). The van der Waals surface area contributed by atoms with Crippen LogP contribution in [0.2, 0.25) is 0 Å². The van der Waals surface area contributed by atoms with E-state index in [2.05, 4.69) is 54.4 Å². The standard InChI is InChI=1S/C17H15BrN4S/c1-2-10-22-16(14-6-8-19-9-7-14)20-21-17(22)23-12-13-4-3-5-15(18)11-13/h2-9,11H,1,10,12H2. The lowest BCUT2D eigenvalue weighted by Gasteiger charge is -2.07. The van der Waals surface area contributed by atoms with Crippen molar-refractivity contribution in [2.75, 3.05) is 0 Å². The molecule has 2 heterocycles. The van der Waals surface area contributed by atoms with Crippen LogP contribution in [0.25, 0.3) is 11.4 Å². The number of halogens is 1. The lowest BCUT2D eigenvalue weighted by atomic mass is 10.2. The fraction of sp³-hybridized carbons (Fsp3) is 0.118. The number of allylic oxidation sites excluding steroid dienone is 1. The molecule has 0 atom stereocenters. The summed E-state index contributed by atoms with van der Waals surface area (Å²) in [5, 5.41) is 9.57. The van der Waals surface area contributed by atoms with Crippen LogP contribution in [0.1, 0.15) is 5.56 Å². The van der Waals surface area contributed by atoms with Crippen molar-refractivity contribution in [2.24, 2.45) is 0 Å². The Balaban J connectivity index is 1.85. The molecule has 0 fully saturated rings. The van der Waals surface area contributed by atoms with E-state index in [1.165, 1.54) is 5.56 Å². The molecule has 0 saturated heterocycles. The van der Waals surface area contributed by atoms with Crippen LogP contribution in [-0.2, 0) is 12.3 Å². The van der Waals surface area contributed by atoms with Crippen LogP contribution in [-0.4, -0.2) is 19.7 Å². The monoisotopic (exact) mass is 386 g/mol. The van der Waals surface area contributed by atoms with Crippen molar-refractivity contribution in [1.29, 1.82) is 0 Å². The molecule has 1 aromatic carbocycles. The second-order valence-electron chi connectivity index (χ2n) is 4.86. The number of pyridine rings is 1. The molecule has 0 amide bonds. The van der Waals surface area contributed by atoms with Gasteiger partial charge in [-0.05, 0) is 29.8 Å². The summed E-state index contributed by atoms with van der Waals surface area (Å²) in [4.78, 5) is 4.05. The van der Waals surface area contributed by atoms with E-state index in [0.29, 0.717) is 6.54 Å². The molecule has 0 aliphatic carbocycles. The molecule has 0 spiro atoms. The third-order valence-corrected chi connectivity index (χ3v) is 4.76. The van der Waals surface area contributed by atoms with Crippen molar-refractivity contribution in [1.82, 2.24) is 19.7 Å². The molecule has 0 aliphatic rings. The lowest BCUT2D eigenvalue weighted by Crippen LogP contribution is -2.00. The Kier molecular flexibility index (Phi) is 5.25. The van der Waals surface area contributed by atoms with Crippen LogP contribution >= 0.6 is 27.7 Å². The molecule has 0 aliphatic heterocycles. The summed E-state index contributed by atoms with van der Waals surface area (Å²) in [5.41, 5.74) is 2.24. The minimum Gasteiger partial charge on any atom is -0.298 e. The second kappa shape index (κ2) is 7.57. The van der Waals surface area contributed by atoms with E-state index in [9.17, 15) is 0 Å². The van der Waals surface area contributed by atoms with E-state index in [1.807, 2.05) is 30.3 Å². The Labute approximate surface area is 147 Å². The van der Waals surface area contributed by atoms with Gasteiger partial charge in [-0.15, -0.1) is 16.8 Å². The van der Waals surface area contributed by atoms with Gasteiger partial charge in [-0.1, -0.05) is 45.9 Å². The number of benzene rings is 1. The Morgan fingerprint density at radius 1 is 1.17 bits per heavy atom. The first-order chi connectivity index (χ1) is 11.3. The normalized spacial score (nSPS) is 10.7. The van der Waals surface area contributed by atoms with Gasteiger partial charge in [-0.25, -0.2) is 0 Å². The van der Waals surface area contributed by atoms with Crippen LogP contribution in [0.15, 0.2) is 71.1 Å². The Morgan fingerprint density at radius 3 is 2.74 bits per heavy atom. The fourth-order valence-corrected chi connectivity index (χ4v) is 3.52. The maximum Gasteiger partial charge on any atom is 0.192 e. The number of thioether (sulfide) groups is 1. The van der Waals surface area contributed by atoms with Gasteiger partial charge in [0.2, 0.25) is 0 Å². The number of nitrogens with zero attached hydrogens (tertiary/aromatic N) is 4. The molecule has 23 heavy (non-hydrogen) atoms. The van der Waals surface area contributed by atoms with Gasteiger partial charge in [0.05, 0.1) is 0 Å². The molecule has 0 bridgehead atoms. The summed E-state index contributed by atoms with van der Waals surface area (Å²) in [7, 11) is 0. The SMILES string of the molecule is C=CCn1c(SCc2cccc(Br)c2)nnc1-c1ccncc1. The molecular formula is C17H15BrN4S. The Bertz CT molecular complexity index is 801. The molecule has 0 unspecified atom stereocenters. The highest BCUT2D eigenvalue weighted by Crippen LogP contribution is 2.27. The molecule has 116 valence electrons. The van der Waals surface area contributed by atoms with Crippen LogP contribution in [0, 0.1) is 0 Å². The van der Waals surface area contributed by atoms with Crippen molar-refractivity contribution in [3.05, 3.63) is 71.5 Å². The summed E-state index contributed by atoms with van der Waals surface area (Å²) >= 11 is 5.17. The van der Waals surface area contributed by atoms with Crippen LogP contribution < -0.4 is 0 Å². The van der Waals surface area contributed by atoms with Crippen molar-refractivity contribution >= 4 is 27.7 Å². The first-order valence-corrected chi connectivity index (χ1v) is 8.87. The highest BCUT2D eigenvalue weighted by Gasteiger charge is 2.13. The van der Waals surface area contributed by atoms with Crippen LogP contribution in [0.5, 0.6) is 0 Å². The third kappa shape index (κ3) is 3.89. The van der Waals surface area contributed by atoms with Gasteiger partial charge in [0.1, 0.15) is 0 Å². The van der Waals surface area contributed by atoms with E-state index in [0.717, 1.165) is 26.8 Å². The van der Waals surface area contributed by atoms with Crippen molar-refractivity contribution in [2.45, 2.75) is 17.5 Å². The van der Waals surface area contributed by atoms with E-state index in [-0.39, 0.29) is 0 Å². The molecule has 4 nitrogen and oxygen atoms in total. The fourth-order valence-electron chi connectivity index (χ4n) is 2.18. The third-order valence-electron chi connectivity index (χ3n) is 3.22. The minimum atomic E-state index is 0.672. The summed E-state index contributed by atoms with van der Waals surface area (Å²) < 4.78 is 3.16. The highest BCUT2D eigenvalue weighted by atomic mass is 79.9. The van der Waals surface area contributed by atoms with E-state index >= 15 is 0 Å². The van der Waals surface area contributed by atoms with Crippen molar-refractivity contribution in [3.8, 4) is 11.4 Å². The zero-order chi connectivity index (χ0) is 16.1. The van der Waals surface area contributed by atoms with Gasteiger partial charge in [-0.2, -0.15) is 0 Å². The maximum atomic E-state index is 4.34. The summed E-state index contributed by atoms with van der Waals surface area (Å²) in [6.45, 7) is 4.51. The lowest BCUT2D eigenvalue weighted by molar-refractivity contribution is 0.731. The quantitative estimate of drug-likeness (QED) is 0.459. The second-order valence-corrected chi connectivity index (χ2v) is 6.72. The maximum absolute atomic E-state index is 4.34. The van der Waals surface area contributed by atoms with E-state index < -0.39 is 0 Å². The number of rotatable bonds is 6. The Morgan fingerprint density at radius 2 is 2.00 bits per heavy atom. The predicted octanol–water partition coefficient (Wildman–Crippen LogP) is 4.58. The first-order valence-electron chi connectivity index (χ1n) is 7.09. The number of aromatic nitrogens is 4. The summed E-state index contributed by atoms with van der Waals surface area (Å²) in [6.07, 6.45) is 5.38. The van der Waals surface area contributed by atoms with Gasteiger partial charge < -0.3 is 0 Å². The van der Waals surface area contributed by atoms with Gasteiger partial charge in [0, 0.05) is 34.7 Å². The topological polar surface area (TPSA) is 43.6 Å². The molecule has 0 saturated carbocycles. The molecular weight excluding hydrogens is 372 g/mol. The van der Waals surface area contributed by atoms with Crippen LogP contribution in [0.3, 0.4) is 0 Å². The first kappa shape index (κ1) is 16.0. The van der Waals surface area contributed by atoms with Crippen LogP contribution in [0.4, 0.5) is 0 Å². The smallest absolute Gasteiger partial charge is 0.192 e. The average molecular weight is 387 g/mol. The molecule has 6 heteroatoms. The molecule has 3 aromatic rings. The van der Waals surface area contributed by atoms with Gasteiger partial charge >= 0.3 is 0 Å².